The second kappa shape index (κ2) is 8.62. The lowest BCUT2D eigenvalue weighted by Gasteiger charge is -2.12. The number of benzene rings is 2. The third-order valence-electron chi connectivity index (χ3n) is 4.09. The van der Waals surface area contributed by atoms with Crippen LogP contribution in [0.1, 0.15) is 0 Å². The smallest absolute Gasteiger partial charge is 0.291 e. The number of rotatable bonds is 5. The average Bonchev–Trinajstić information content (AvgIpc) is 2.70. The zero-order valence-electron chi connectivity index (χ0n) is 15.0. The maximum atomic E-state index is 13.4. The van der Waals surface area contributed by atoms with E-state index in [0.717, 1.165) is 12.1 Å². The zero-order chi connectivity index (χ0) is 21.1. The van der Waals surface area contributed by atoms with Gasteiger partial charge in [-0.25, -0.2) is 22.2 Å². The van der Waals surface area contributed by atoms with Gasteiger partial charge in [0.15, 0.2) is 10.7 Å². The first-order chi connectivity index (χ1) is 13.8. The van der Waals surface area contributed by atoms with E-state index in [1.165, 1.54) is 24.6 Å². The van der Waals surface area contributed by atoms with Crippen molar-refractivity contribution in [1.29, 1.82) is 0 Å². The zero-order valence-corrected chi connectivity index (χ0v) is 15.8. The Morgan fingerprint density at radius 1 is 1.10 bits per heavy atom. The molecule has 29 heavy (non-hydrogen) atoms. The molecule has 2 aromatic carbocycles. The molecule has 0 saturated heterocycles. The van der Waals surface area contributed by atoms with Gasteiger partial charge in [-0.3, -0.25) is 4.79 Å². The van der Waals surface area contributed by atoms with Gasteiger partial charge in [0.05, 0.1) is 18.0 Å². The molecule has 1 unspecified atom stereocenters. The molecule has 0 aliphatic heterocycles. The molecule has 0 radical (unpaired) electrons. The van der Waals surface area contributed by atoms with Crippen LogP contribution < -0.4 is 5.56 Å². The van der Waals surface area contributed by atoms with Gasteiger partial charge in [-0.1, -0.05) is 12.1 Å². The Kier molecular flexibility index (Phi) is 6.19. The molecule has 0 N–H and O–H groups in total. The molecule has 0 aliphatic carbocycles. The summed E-state index contributed by atoms with van der Waals surface area (Å²) in [5.74, 6) is -2.34. The van der Waals surface area contributed by atoms with Crippen molar-refractivity contribution in [3.8, 4) is 22.3 Å². The minimum Gasteiger partial charge on any atom is -0.612 e. The highest BCUT2D eigenvalue weighted by Gasteiger charge is 2.17. The largest absolute Gasteiger partial charge is 0.612 e. The predicted octanol–water partition coefficient (Wildman–Crippen LogP) is 4.49. The van der Waals surface area contributed by atoms with Gasteiger partial charge in [-0.2, -0.15) is 5.10 Å². The van der Waals surface area contributed by atoms with Gasteiger partial charge < -0.3 is 4.55 Å². The number of halogens is 4. The molecule has 9 heteroatoms. The molecule has 4 nitrogen and oxygen atoms in total. The Morgan fingerprint density at radius 3 is 2.24 bits per heavy atom. The highest BCUT2D eigenvalue weighted by molar-refractivity contribution is 7.90. The summed E-state index contributed by atoms with van der Waals surface area (Å²) in [6.07, 6.45) is -0.327. The van der Waals surface area contributed by atoms with Crippen LogP contribution in [0.3, 0.4) is 0 Å². The van der Waals surface area contributed by atoms with Crippen molar-refractivity contribution >= 4 is 17.4 Å². The summed E-state index contributed by atoms with van der Waals surface area (Å²) in [6.45, 7) is 0. The summed E-state index contributed by atoms with van der Waals surface area (Å²) < 4.78 is 63.7. The molecule has 3 rings (SSSR count). The molecule has 0 bridgehead atoms. The number of hydrogen-bond acceptors (Lipinski definition) is 3. The van der Waals surface area contributed by atoms with Crippen LogP contribution in [0, 0.1) is 5.82 Å². The molecule has 0 amide bonds. The van der Waals surface area contributed by atoms with Crippen LogP contribution in [-0.4, -0.2) is 27.0 Å². The van der Waals surface area contributed by atoms with E-state index in [2.05, 4.69) is 5.10 Å². The quantitative estimate of drug-likeness (QED) is 0.450. The molecule has 0 fully saturated rings. The van der Waals surface area contributed by atoms with E-state index in [9.17, 15) is 26.9 Å². The Hall–Kier alpha value is -2.91. The Bertz CT molecular complexity index is 1090. The van der Waals surface area contributed by atoms with Crippen molar-refractivity contribution in [3.63, 3.8) is 0 Å². The molecular weight excluding hydrogens is 408 g/mol. The van der Waals surface area contributed by atoms with Gasteiger partial charge in [0, 0.05) is 5.56 Å². The van der Waals surface area contributed by atoms with Crippen molar-refractivity contribution in [1.82, 2.24) is 9.78 Å². The summed E-state index contributed by atoms with van der Waals surface area (Å²) in [4.78, 5) is 13.5. The van der Waals surface area contributed by atoms with Crippen LogP contribution in [-0.2, 0) is 11.2 Å². The monoisotopic (exact) mass is 422 g/mol. The van der Waals surface area contributed by atoms with Crippen molar-refractivity contribution in [2.45, 2.75) is 11.3 Å². The van der Waals surface area contributed by atoms with E-state index in [1.54, 1.807) is 24.3 Å². The van der Waals surface area contributed by atoms with Crippen molar-refractivity contribution in [3.05, 3.63) is 76.7 Å². The minimum absolute atomic E-state index is 0.0312. The number of allylic oxidation sites excluding steroid dienone is 1. The first-order valence-corrected chi connectivity index (χ1v) is 9.80. The maximum Gasteiger partial charge on any atom is 0.291 e. The lowest BCUT2D eigenvalue weighted by molar-refractivity contribution is 0.160. The Morgan fingerprint density at radius 2 is 1.69 bits per heavy atom. The fourth-order valence-corrected chi connectivity index (χ4v) is 3.19. The molecule has 0 aliphatic rings. The summed E-state index contributed by atoms with van der Waals surface area (Å²) in [5, 5.41) is 3.76. The van der Waals surface area contributed by atoms with E-state index in [-0.39, 0.29) is 5.56 Å². The SMILES string of the molecule is C[S+]([O-])c1ccc(-c2cnn(/C=C(\F)C(F)F)c(=O)c2-c2ccc(F)cc2)cc1. The molecule has 0 saturated carbocycles. The number of hydrogen-bond donors (Lipinski definition) is 0. The fraction of sp³-hybridized carbons (Fsp3) is 0.100. The molecule has 3 aromatic rings. The fourth-order valence-electron chi connectivity index (χ4n) is 2.67. The number of nitrogens with zero attached hydrogens (tertiary/aromatic N) is 2. The van der Waals surface area contributed by atoms with Crippen LogP contribution in [0.4, 0.5) is 17.6 Å². The van der Waals surface area contributed by atoms with Crippen molar-refractivity contribution in [2.24, 2.45) is 0 Å². The lowest BCUT2D eigenvalue weighted by Crippen LogP contribution is -2.21. The topological polar surface area (TPSA) is 58.0 Å². The second-order valence-corrected chi connectivity index (χ2v) is 7.36. The van der Waals surface area contributed by atoms with Gasteiger partial charge in [0.25, 0.3) is 12.0 Å². The van der Waals surface area contributed by atoms with Gasteiger partial charge in [0.1, 0.15) is 12.1 Å². The number of alkyl halides is 2. The summed E-state index contributed by atoms with van der Waals surface area (Å²) >= 11 is -1.20. The highest BCUT2D eigenvalue weighted by Crippen LogP contribution is 2.30. The average molecular weight is 422 g/mol. The van der Waals surface area contributed by atoms with Gasteiger partial charge in [-0.15, -0.1) is 0 Å². The standard InChI is InChI=1S/C20H14F4N2O2S/c1-29(28)15-8-4-12(5-9-15)16-10-25-26(11-17(22)19(23)24)20(27)18(16)13-2-6-14(21)7-3-13/h2-11,19H,1H3/b17-11-. The van der Waals surface area contributed by atoms with Gasteiger partial charge in [0.2, 0.25) is 0 Å². The molecule has 1 atom stereocenters. The van der Waals surface area contributed by atoms with E-state index in [1.807, 2.05) is 0 Å². The van der Waals surface area contributed by atoms with Crippen LogP contribution in [0.5, 0.6) is 0 Å². The molecule has 0 spiro atoms. The van der Waals surface area contributed by atoms with Crippen LogP contribution >= 0.6 is 0 Å². The third kappa shape index (κ3) is 4.57. The van der Waals surface area contributed by atoms with E-state index in [4.69, 9.17) is 0 Å². The molecular formula is C20H14F4N2O2S. The van der Waals surface area contributed by atoms with Crippen LogP contribution in [0.2, 0.25) is 0 Å². The molecule has 1 heterocycles. The van der Waals surface area contributed by atoms with Crippen molar-refractivity contribution < 1.29 is 22.1 Å². The Labute approximate surface area is 166 Å². The number of aromatic nitrogens is 2. The first-order valence-electron chi connectivity index (χ1n) is 8.25. The highest BCUT2D eigenvalue weighted by atomic mass is 32.2. The van der Waals surface area contributed by atoms with E-state index >= 15 is 0 Å². The van der Waals surface area contributed by atoms with Gasteiger partial charge in [-0.05, 0) is 58.7 Å². The summed E-state index contributed by atoms with van der Waals surface area (Å²) in [5.41, 5.74) is 0.346. The Balaban J connectivity index is 2.23. The minimum atomic E-state index is -3.39. The summed E-state index contributed by atoms with van der Waals surface area (Å²) in [7, 11) is 0. The molecule has 150 valence electrons. The lowest BCUT2D eigenvalue weighted by atomic mass is 9.97. The van der Waals surface area contributed by atoms with Crippen LogP contribution in [0.25, 0.3) is 28.5 Å². The second-order valence-electron chi connectivity index (χ2n) is 5.98. The van der Waals surface area contributed by atoms with E-state index in [0.29, 0.717) is 32.5 Å². The van der Waals surface area contributed by atoms with Gasteiger partial charge >= 0.3 is 0 Å². The third-order valence-corrected chi connectivity index (χ3v) is 5.02. The maximum absolute atomic E-state index is 13.4. The first kappa shape index (κ1) is 20.8. The van der Waals surface area contributed by atoms with Crippen molar-refractivity contribution in [2.75, 3.05) is 6.26 Å². The van der Waals surface area contributed by atoms with Crippen LogP contribution in [0.15, 0.2) is 70.2 Å². The van der Waals surface area contributed by atoms with E-state index < -0.39 is 34.8 Å². The summed E-state index contributed by atoms with van der Waals surface area (Å²) in [6, 6.07) is 11.5. The molecule has 1 aromatic heterocycles. The predicted molar refractivity (Wildman–Crippen MR) is 103 cm³/mol. The normalized spacial score (nSPS) is 13.0.